The van der Waals surface area contributed by atoms with E-state index in [0.29, 0.717) is 0 Å². The first-order valence-electron chi connectivity index (χ1n) is 7.68. The molecule has 1 aliphatic heterocycles. The molecule has 0 saturated carbocycles. The lowest BCUT2D eigenvalue weighted by atomic mass is 9.95. The summed E-state index contributed by atoms with van der Waals surface area (Å²) in [6.45, 7) is 2.89. The number of nitrogens with zero attached hydrogens (tertiary/aromatic N) is 2. The Morgan fingerprint density at radius 2 is 2.14 bits per heavy atom. The van der Waals surface area contributed by atoms with Crippen molar-refractivity contribution in [3.8, 4) is 0 Å². The summed E-state index contributed by atoms with van der Waals surface area (Å²) in [7, 11) is 0. The van der Waals surface area contributed by atoms with Crippen molar-refractivity contribution in [2.45, 2.75) is 24.6 Å². The van der Waals surface area contributed by atoms with Gasteiger partial charge in [-0.1, -0.05) is 43.3 Å². The van der Waals surface area contributed by atoms with Gasteiger partial charge in [-0.2, -0.15) is 0 Å². The smallest absolute Gasteiger partial charge is 0.231 e. The number of aromatic nitrogens is 1. The second kappa shape index (κ2) is 6.97. The molecule has 4 heteroatoms. The molecule has 0 radical (unpaired) electrons. The summed E-state index contributed by atoms with van der Waals surface area (Å²) < 4.78 is 0. The molecule has 0 spiro atoms. The largest absolute Gasteiger partial charge is 0.325 e. The van der Waals surface area contributed by atoms with E-state index >= 15 is 0 Å². The van der Waals surface area contributed by atoms with Crippen LogP contribution in [-0.2, 0) is 4.79 Å². The minimum absolute atomic E-state index is 0.0564. The highest BCUT2D eigenvalue weighted by atomic mass is 32.2. The molecule has 1 aromatic carbocycles. The number of carbonyl (C=O) groups excluding carboxylic acids is 1. The molecule has 1 amide bonds. The standard InChI is InChI=1S/C18H20N2OS/c1-2-16(14-7-4-3-5-8-14)17(21)20-11-12-22-18(20)15-9-6-10-19-13-15/h3-10,13,16,18H,2,11-12H2,1H3/t16-,18+/m0/s1. The number of hydrogen-bond acceptors (Lipinski definition) is 3. The summed E-state index contributed by atoms with van der Waals surface area (Å²) in [5.41, 5.74) is 2.22. The van der Waals surface area contributed by atoms with Crippen LogP contribution >= 0.6 is 11.8 Å². The van der Waals surface area contributed by atoms with E-state index in [1.165, 1.54) is 0 Å². The highest BCUT2D eigenvalue weighted by molar-refractivity contribution is 7.99. The first-order chi connectivity index (χ1) is 10.8. The highest BCUT2D eigenvalue weighted by Gasteiger charge is 2.34. The Kier molecular flexibility index (Phi) is 4.78. The van der Waals surface area contributed by atoms with E-state index < -0.39 is 0 Å². The van der Waals surface area contributed by atoms with Crippen LogP contribution in [0.25, 0.3) is 0 Å². The first-order valence-corrected chi connectivity index (χ1v) is 8.73. The molecule has 0 unspecified atom stereocenters. The molecule has 1 aromatic heterocycles. The summed E-state index contributed by atoms with van der Waals surface area (Å²) >= 11 is 1.82. The molecule has 2 atom stereocenters. The summed E-state index contributed by atoms with van der Waals surface area (Å²) in [6, 6.07) is 14.1. The third-order valence-electron chi connectivity index (χ3n) is 4.05. The minimum Gasteiger partial charge on any atom is -0.325 e. The minimum atomic E-state index is -0.0564. The van der Waals surface area contributed by atoms with Crippen LogP contribution in [0.4, 0.5) is 0 Å². The van der Waals surface area contributed by atoms with Crippen LogP contribution in [0.3, 0.4) is 0 Å². The lowest BCUT2D eigenvalue weighted by molar-refractivity contribution is -0.133. The molecule has 1 aliphatic rings. The van der Waals surface area contributed by atoms with Crippen LogP contribution in [0.2, 0.25) is 0 Å². The fourth-order valence-electron chi connectivity index (χ4n) is 2.93. The third-order valence-corrected chi connectivity index (χ3v) is 5.31. The van der Waals surface area contributed by atoms with Crippen LogP contribution in [-0.4, -0.2) is 28.1 Å². The molecule has 1 saturated heterocycles. The van der Waals surface area contributed by atoms with Crippen molar-refractivity contribution in [2.75, 3.05) is 12.3 Å². The number of hydrogen-bond donors (Lipinski definition) is 0. The van der Waals surface area contributed by atoms with E-state index in [1.54, 1.807) is 6.20 Å². The summed E-state index contributed by atoms with van der Waals surface area (Å²) in [6.07, 6.45) is 4.46. The zero-order valence-electron chi connectivity index (χ0n) is 12.7. The number of amides is 1. The Bertz CT molecular complexity index is 617. The van der Waals surface area contributed by atoms with Gasteiger partial charge in [0.2, 0.25) is 5.91 Å². The molecule has 3 nitrogen and oxygen atoms in total. The normalized spacial score (nSPS) is 19.1. The Balaban J connectivity index is 1.84. The average Bonchev–Trinajstić information content (AvgIpc) is 3.07. The zero-order chi connectivity index (χ0) is 15.4. The molecular formula is C18H20N2OS. The predicted molar refractivity (Wildman–Crippen MR) is 90.6 cm³/mol. The molecule has 0 aliphatic carbocycles. The van der Waals surface area contributed by atoms with Crippen molar-refractivity contribution in [1.29, 1.82) is 0 Å². The fraction of sp³-hybridized carbons (Fsp3) is 0.333. The van der Waals surface area contributed by atoms with Gasteiger partial charge in [0.05, 0.1) is 5.92 Å². The topological polar surface area (TPSA) is 33.2 Å². The molecule has 22 heavy (non-hydrogen) atoms. The summed E-state index contributed by atoms with van der Waals surface area (Å²) in [5.74, 6) is 1.16. The number of carbonyl (C=O) groups is 1. The Labute approximate surface area is 135 Å². The predicted octanol–water partition coefficient (Wildman–Crippen LogP) is 3.85. The van der Waals surface area contributed by atoms with E-state index in [4.69, 9.17) is 0 Å². The second-order valence-electron chi connectivity index (χ2n) is 5.41. The van der Waals surface area contributed by atoms with E-state index in [1.807, 2.05) is 59.3 Å². The quantitative estimate of drug-likeness (QED) is 0.860. The van der Waals surface area contributed by atoms with Gasteiger partial charge in [-0.3, -0.25) is 9.78 Å². The molecule has 2 heterocycles. The number of pyridine rings is 1. The van der Waals surface area contributed by atoms with Crippen molar-refractivity contribution in [2.24, 2.45) is 0 Å². The van der Waals surface area contributed by atoms with Crippen molar-refractivity contribution < 1.29 is 4.79 Å². The Hall–Kier alpha value is -1.81. The van der Waals surface area contributed by atoms with Gasteiger partial charge in [0.25, 0.3) is 0 Å². The first kappa shape index (κ1) is 15.1. The molecule has 0 N–H and O–H groups in total. The summed E-state index contributed by atoms with van der Waals surface area (Å²) in [4.78, 5) is 19.3. The van der Waals surface area contributed by atoms with Crippen LogP contribution in [0.15, 0.2) is 54.9 Å². The Morgan fingerprint density at radius 3 is 2.82 bits per heavy atom. The summed E-state index contributed by atoms with van der Waals surface area (Å²) in [5, 5.41) is 0.0963. The van der Waals surface area contributed by atoms with Gasteiger partial charge in [-0.25, -0.2) is 0 Å². The second-order valence-corrected chi connectivity index (χ2v) is 6.60. The maximum absolute atomic E-state index is 13.1. The third kappa shape index (κ3) is 3.02. The SMILES string of the molecule is CC[C@H](C(=O)N1CCS[C@@H]1c1cccnc1)c1ccccc1. The van der Waals surface area contributed by atoms with E-state index in [0.717, 1.165) is 29.8 Å². The average molecular weight is 312 g/mol. The van der Waals surface area contributed by atoms with E-state index in [9.17, 15) is 4.79 Å². The fourth-order valence-corrected chi connectivity index (χ4v) is 4.18. The number of thioether (sulfide) groups is 1. The van der Waals surface area contributed by atoms with Crippen LogP contribution < -0.4 is 0 Å². The number of rotatable bonds is 4. The Morgan fingerprint density at radius 1 is 1.32 bits per heavy atom. The van der Waals surface area contributed by atoms with Crippen molar-refractivity contribution in [1.82, 2.24) is 9.88 Å². The van der Waals surface area contributed by atoms with Gasteiger partial charge in [0.1, 0.15) is 5.37 Å². The molecule has 114 valence electrons. The maximum atomic E-state index is 13.1. The van der Waals surface area contributed by atoms with Crippen LogP contribution in [0.1, 0.15) is 35.8 Å². The van der Waals surface area contributed by atoms with Gasteiger partial charge in [0, 0.05) is 30.3 Å². The van der Waals surface area contributed by atoms with E-state index in [2.05, 4.69) is 18.0 Å². The number of benzene rings is 1. The van der Waals surface area contributed by atoms with Gasteiger partial charge in [-0.15, -0.1) is 11.8 Å². The monoisotopic (exact) mass is 312 g/mol. The van der Waals surface area contributed by atoms with Crippen LogP contribution in [0.5, 0.6) is 0 Å². The van der Waals surface area contributed by atoms with Gasteiger partial charge in [-0.05, 0) is 18.1 Å². The van der Waals surface area contributed by atoms with Gasteiger partial charge >= 0.3 is 0 Å². The van der Waals surface area contributed by atoms with Crippen molar-refractivity contribution >= 4 is 17.7 Å². The molecular weight excluding hydrogens is 292 g/mol. The lowest BCUT2D eigenvalue weighted by Crippen LogP contribution is -2.34. The lowest BCUT2D eigenvalue weighted by Gasteiger charge is -2.28. The van der Waals surface area contributed by atoms with Crippen LogP contribution in [0, 0.1) is 0 Å². The van der Waals surface area contributed by atoms with Gasteiger partial charge < -0.3 is 4.90 Å². The molecule has 2 aromatic rings. The highest BCUT2D eigenvalue weighted by Crippen LogP contribution is 2.39. The maximum Gasteiger partial charge on any atom is 0.231 e. The van der Waals surface area contributed by atoms with E-state index in [-0.39, 0.29) is 17.2 Å². The van der Waals surface area contributed by atoms with Crippen molar-refractivity contribution in [3.63, 3.8) is 0 Å². The molecule has 0 bridgehead atoms. The zero-order valence-corrected chi connectivity index (χ0v) is 13.5. The van der Waals surface area contributed by atoms with Crippen molar-refractivity contribution in [3.05, 3.63) is 66.0 Å². The molecule has 3 rings (SSSR count). The van der Waals surface area contributed by atoms with Gasteiger partial charge in [0.15, 0.2) is 0 Å². The molecule has 1 fully saturated rings.